The maximum Gasteiger partial charge on any atom is 0.399 e. The van der Waals surface area contributed by atoms with Gasteiger partial charge in [-0.1, -0.05) is 0 Å². The van der Waals surface area contributed by atoms with Gasteiger partial charge >= 0.3 is 7.60 Å². The molecule has 16 heavy (non-hydrogen) atoms. The van der Waals surface area contributed by atoms with Crippen molar-refractivity contribution in [3.8, 4) is 0 Å². The van der Waals surface area contributed by atoms with Gasteiger partial charge in [0.25, 0.3) is 5.78 Å². The monoisotopic (exact) mass is 249 g/mol. The van der Waals surface area contributed by atoms with Gasteiger partial charge in [0.05, 0.1) is 12.2 Å². The molecule has 0 saturated heterocycles. The van der Waals surface area contributed by atoms with Gasteiger partial charge < -0.3 is 9.73 Å². The van der Waals surface area contributed by atoms with Crippen molar-refractivity contribution < 1.29 is 18.4 Å². The third-order valence-electron chi connectivity index (χ3n) is 2.10. The second kappa shape index (κ2) is 4.86. The van der Waals surface area contributed by atoms with E-state index in [1.54, 1.807) is 27.7 Å². The third-order valence-corrected chi connectivity index (χ3v) is 4.74. The lowest BCUT2D eigenvalue weighted by Gasteiger charge is -2.29. The van der Waals surface area contributed by atoms with Crippen LogP contribution in [0.1, 0.15) is 40.5 Å². The van der Waals surface area contributed by atoms with Crippen molar-refractivity contribution in [2.45, 2.75) is 51.9 Å². The van der Waals surface area contributed by atoms with Gasteiger partial charge in [-0.05, 0) is 27.7 Å². The molecule has 0 amide bonds. The zero-order valence-electron chi connectivity index (χ0n) is 10.3. The zero-order chi connectivity index (χ0) is 12.4. The molecule has 0 N–H and O–H groups in total. The Labute approximate surface area is 96.6 Å². The largest absolute Gasteiger partial charge is 0.623 e. The SMILES string of the molecule is CCOP(=O)(OC(C)(C)C)C1CCC=[N+]1[O-]. The van der Waals surface area contributed by atoms with Gasteiger partial charge in [-0.2, -0.15) is 0 Å². The van der Waals surface area contributed by atoms with E-state index < -0.39 is 19.0 Å². The molecule has 2 atom stereocenters. The molecule has 1 rings (SSSR count). The fourth-order valence-corrected chi connectivity index (χ4v) is 3.94. The van der Waals surface area contributed by atoms with Crippen LogP contribution in [0.5, 0.6) is 0 Å². The summed E-state index contributed by atoms with van der Waals surface area (Å²) in [5, 5.41) is 11.5. The Morgan fingerprint density at radius 1 is 1.56 bits per heavy atom. The summed E-state index contributed by atoms with van der Waals surface area (Å²) >= 11 is 0. The van der Waals surface area contributed by atoms with Crippen LogP contribution < -0.4 is 0 Å². The van der Waals surface area contributed by atoms with Crippen LogP contribution >= 0.6 is 7.60 Å². The summed E-state index contributed by atoms with van der Waals surface area (Å²) < 4.78 is 24.0. The molecule has 0 fully saturated rings. The molecule has 94 valence electrons. The Kier molecular flexibility index (Phi) is 4.16. The van der Waals surface area contributed by atoms with Gasteiger partial charge in [0.1, 0.15) is 0 Å². The highest BCUT2D eigenvalue weighted by molar-refractivity contribution is 7.54. The van der Waals surface area contributed by atoms with Gasteiger partial charge in [-0.15, -0.1) is 0 Å². The van der Waals surface area contributed by atoms with Crippen LogP contribution in [0.3, 0.4) is 0 Å². The molecule has 2 unspecified atom stereocenters. The average molecular weight is 249 g/mol. The van der Waals surface area contributed by atoms with E-state index in [9.17, 15) is 9.77 Å². The second-order valence-corrected chi connectivity index (χ2v) is 6.88. The van der Waals surface area contributed by atoms with Crippen LogP contribution in [0.4, 0.5) is 0 Å². The Morgan fingerprint density at radius 2 is 2.19 bits per heavy atom. The lowest BCUT2D eigenvalue weighted by Crippen LogP contribution is -2.26. The second-order valence-electron chi connectivity index (χ2n) is 4.76. The molecular formula is C10H20NO4P. The lowest BCUT2D eigenvalue weighted by molar-refractivity contribution is -0.466. The Bertz CT molecular complexity index is 321. The Hall–Kier alpha value is -0.380. The summed E-state index contributed by atoms with van der Waals surface area (Å²) in [6.07, 6.45) is 2.64. The van der Waals surface area contributed by atoms with Crippen LogP contribution in [0, 0.1) is 5.21 Å². The van der Waals surface area contributed by atoms with Crippen molar-refractivity contribution in [3.05, 3.63) is 5.21 Å². The first kappa shape index (κ1) is 13.7. The minimum atomic E-state index is -3.36. The summed E-state index contributed by atoms with van der Waals surface area (Å²) in [6, 6.07) is 0. The molecule has 1 aliphatic heterocycles. The summed E-state index contributed by atoms with van der Waals surface area (Å²) in [6.45, 7) is 7.41. The van der Waals surface area contributed by atoms with Crippen LogP contribution in [0.2, 0.25) is 0 Å². The smallest absolute Gasteiger partial charge is 0.399 e. The highest BCUT2D eigenvalue weighted by Gasteiger charge is 2.46. The normalized spacial score (nSPS) is 25.2. The van der Waals surface area contributed by atoms with Crippen molar-refractivity contribution >= 4 is 13.8 Å². The average Bonchev–Trinajstić information content (AvgIpc) is 2.48. The number of hydroxylamine groups is 1. The van der Waals surface area contributed by atoms with Gasteiger partial charge in [0.15, 0.2) is 6.21 Å². The number of hydrogen-bond donors (Lipinski definition) is 0. The van der Waals surface area contributed by atoms with E-state index in [0.29, 0.717) is 17.6 Å². The van der Waals surface area contributed by atoms with E-state index in [1.165, 1.54) is 6.21 Å². The molecule has 0 aliphatic carbocycles. The number of nitrogens with zero attached hydrogens (tertiary/aromatic N) is 1. The predicted molar refractivity (Wildman–Crippen MR) is 62.8 cm³/mol. The van der Waals surface area contributed by atoms with Crippen molar-refractivity contribution in [3.63, 3.8) is 0 Å². The van der Waals surface area contributed by atoms with E-state index in [0.717, 1.165) is 0 Å². The molecule has 0 spiro atoms. The lowest BCUT2D eigenvalue weighted by atomic mass is 10.2. The molecule has 5 nitrogen and oxygen atoms in total. The molecule has 0 radical (unpaired) electrons. The standard InChI is InChI=1S/C10H20NO4P/c1-5-14-16(13,15-10(2,3)4)9-7-6-8-11(9)12/h8-9H,5-7H2,1-4H3. The van der Waals surface area contributed by atoms with Gasteiger partial charge in [0.2, 0.25) is 0 Å². The quantitative estimate of drug-likeness (QED) is 0.436. The highest BCUT2D eigenvalue weighted by atomic mass is 31.2. The first-order chi connectivity index (χ1) is 7.28. The predicted octanol–water partition coefficient (Wildman–Crippen LogP) is 2.73. The first-order valence-corrected chi connectivity index (χ1v) is 7.13. The fourth-order valence-electron chi connectivity index (χ4n) is 1.63. The van der Waals surface area contributed by atoms with Gasteiger partial charge in [-0.25, -0.2) is 4.74 Å². The van der Waals surface area contributed by atoms with Crippen molar-refractivity contribution in [1.29, 1.82) is 0 Å². The van der Waals surface area contributed by atoms with E-state index in [-0.39, 0.29) is 6.61 Å². The van der Waals surface area contributed by atoms with Crippen LogP contribution in [-0.2, 0) is 13.6 Å². The Balaban J connectivity index is 2.88. The van der Waals surface area contributed by atoms with Gasteiger partial charge in [0, 0.05) is 12.8 Å². The van der Waals surface area contributed by atoms with Gasteiger partial charge in [-0.3, -0.25) is 9.09 Å². The van der Waals surface area contributed by atoms with Crippen LogP contribution in [0.15, 0.2) is 0 Å². The molecule has 1 heterocycles. The number of hydrogen-bond acceptors (Lipinski definition) is 4. The summed E-state index contributed by atoms with van der Waals surface area (Å²) in [7, 11) is -3.36. The molecular weight excluding hydrogens is 229 g/mol. The van der Waals surface area contributed by atoms with Crippen LogP contribution in [-0.4, -0.2) is 28.9 Å². The first-order valence-electron chi connectivity index (χ1n) is 5.52. The van der Waals surface area contributed by atoms with E-state index in [2.05, 4.69) is 0 Å². The highest BCUT2D eigenvalue weighted by Crippen LogP contribution is 2.58. The third kappa shape index (κ3) is 3.30. The van der Waals surface area contributed by atoms with E-state index in [1.807, 2.05) is 0 Å². The molecule has 0 aromatic carbocycles. The fraction of sp³-hybridized carbons (Fsp3) is 0.900. The minimum Gasteiger partial charge on any atom is -0.623 e. The van der Waals surface area contributed by atoms with Crippen molar-refractivity contribution in [2.75, 3.05) is 6.61 Å². The van der Waals surface area contributed by atoms with Crippen molar-refractivity contribution in [1.82, 2.24) is 0 Å². The number of rotatable bonds is 4. The summed E-state index contributed by atoms with van der Waals surface area (Å²) in [4.78, 5) is 0. The maximum atomic E-state index is 12.5. The molecule has 0 saturated carbocycles. The maximum absolute atomic E-state index is 12.5. The molecule has 0 aromatic heterocycles. The zero-order valence-corrected chi connectivity index (χ0v) is 11.2. The molecule has 0 aromatic rings. The summed E-state index contributed by atoms with van der Waals surface area (Å²) in [5.74, 6) is -0.688. The Morgan fingerprint density at radius 3 is 2.56 bits per heavy atom. The van der Waals surface area contributed by atoms with E-state index >= 15 is 0 Å². The minimum absolute atomic E-state index is 0.275. The van der Waals surface area contributed by atoms with Crippen molar-refractivity contribution in [2.24, 2.45) is 0 Å². The molecule has 6 heteroatoms. The molecule has 1 aliphatic rings. The van der Waals surface area contributed by atoms with E-state index in [4.69, 9.17) is 9.05 Å². The van der Waals surface area contributed by atoms with Crippen LogP contribution in [0.25, 0.3) is 0 Å². The topological polar surface area (TPSA) is 61.6 Å². The summed E-state index contributed by atoms with van der Waals surface area (Å²) in [5.41, 5.74) is -0.589. The molecule has 0 bridgehead atoms.